The summed E-state index contributed by atoms with van der Waals surface area (Å²) in [6.07, 6.45) is 0. The van der Waals surface area contributed by atoms with Gasteiger partial charge in [0.1, 0.15) is 5.75 Å². The van der Waals surface area contributed by atoms with Crippen molar-refractivity contribution in [3.8, 4) is 11.6 Å². The van der Waals surface area contributed by atoms with E-state index in [1.807, 2.05) is 42.5 Å². The quantitative estimate of drug-likeness (QED) is 0.811. The largest absolute Gasteiger partial charge is 0.439 e. The summed E-state index contributed by atoms with van der Waals surface area (Å²) in [6, 6.07) is 14.2. The van der Waals surface area contributed by atoms with Gasteiger partial charge in [0.15, 0.2) is 0 Å². The number of halogens is 1. The molecular weight excluding hydrogens is 351 g/mol. The summed E-state index contributed by atoms with van der Waals surface area (Å²) in [5, 5.41) is 3.34. The summed E-state index contributed by atoms with van der Waals surface area (Å²) in [7, 11) is 0. The van der Waals surface area contributed by atoms with Gasteiger partial charge < -0.3 is 10.1 Å². The van der Waals surface area contributed by atoms with Crippen molar-refractivity contribution < 1.29 is 4.74 Å². The third-order valence-electron chi connectivity index (χ3n) is 2.49. The Hall–Kier alpha value is -1.14. The minimum atomic E-state index is 0.446. The molecule has 0 bridgehead atoms. The van der Waals surface area contributed by atoms with Crippen LogP contribution < -0.4 is 10.1 Å². The third kappa shape index (κ3) is 4.80. The lowest BCUT2D eigenvalue weighted by atomic mass is 10.3. The van der Waals surface area contributed by atoms with E-state index in [1.165, 1.54) is 0 Å². The lowest BCUT2D eigenvalue weighted by Crippen LogP contribution is -2.22. The molecule has 1 aromatic carbocycles. The van der Waals surface area contributed by atoms with E-state index in [1.54, 1.807) is 0 Å². The van der Waals surface area contributed by atoms with Crippen molar-refractivity contribution in [2.24, 2.45) is 0 Å². The summed E-state index contributed by atoms with van der Waals surface area (Å²) in [4.78, 5) is 4.48. The zero-order valence-electron chi connectivity index (χ0n) is 11.1. The summed E-state index contributed by atoms with van der Waals surface area (Å²) in [6.45, 7) is 4.99. The molecule has 0 atom stereocenters. The van der Waals surface area contributed by atoms with E-state index in [0.717, 1.165) is 21.6 Å². The van der Waals surface area contributed by atoms with Crippen molar-refractivity contribution >= 4 is 22.6 Å². The van der Waals surface area contributed by atoms with Gasteiger partial charge in [0, 0.05) is 22.2 Å². The van der Waals surface area contributed by atoms with Crippen LogP contribution in [0.25, 0.3) is 0 Å². The van der Waals surface area contributed by atoms with Gasteiger partial charge in [0.25, 0.3) is 0 Å². The summed E-state index contributed by atoms with van der Waals surface area (Å²) in [5.41, 5.74) is 0.983. The van der Waals surface area contributed by atoms with Crippen LogP contribution in [0, 0.1) is 3.57 Å². The maximum atomic E-state index is 5.76. The molecule has 1 N–H and O–H groups in total. The van der Waals surface area contributed by atoms with Crippen LogP contribution >= 0.6 is 22.6 Å². The Morgan fingerprint density at radius 1 is 1.21 bits per heavy atom. The highest BCUT2D eigenvalue weighted by atomic mass is 127. The average molecular weight is 368 g/mol. The van der Waals surface area contributed by atoms with Gasteiger partial charge in [-0.3, -0.25) is 0 Å². The fourth-order valence-corrected chi connectivity index (χ4v) is 2.09. The molecule has 0 aliphatic heterocycles. The number of benzene rings is 1. The number of hydrogen-bond donors (Lipinski definition) is 1. The third-order valence-corrected chi connectivity index (χ3v) is 3.16. The molecule has 0 aliphatic rings. The molecule has 0 aliphatic carbocycles. The molecule has 2 rings (SSSR count). The monoisotopic (exact) mass is 368 g/mol. The molecule has 1 aromatic heterocycles. The Bertz CT molecular complexity index is 543. The van der Waals surface area contributed by atoms with E-state index in [-0.39, 0.29) is 0 Å². The molecule has 3 nitrogen and oxygen atoms in total. The Morgan fingerprint density at radius 2 is 2.00 bits per heavy atom. The SMILES string of the molecule is CC(C)NCc1cccc(Oc2cccc(I)c2)n1. The highest BCUT2D eigenvalue weighted by Gasteiger charge is 2.02. The summed E-state index contributed by atoms with van der Waals surface area (Å²) in [5.74, 6) is 1.44. The molecule has 0 unspecified atom stereocenters. The van der Waals surface area contributed by atoms with E-state index in [0.29, 0.717) is 11.9 Å². The molecule has 1 heterocycles. The van der Waals surface area contributed by atoms with Gasteiger partial charge >= 0.3 is 0 Å². The number of aromatic nitrogens is 1. The molecule has 19 heavy (non-hydrogen) atoms. The summed E-state index contributed by atoms with van der Waals surface area (Å²) >= 11 is 2.26. The first-order valence-electron chi connectivity index (χ1n) is 6.26. The van der Waals surface area contributed by atoms with Crippen molar-refractivity contribution in [2.75, 3.05) is 0 Å². The van der Waals surface area contributed by atoms with Crippen LogP contribution in [-0.2, 0) is 6.54 Å². The normalized spacial score (nSPS) is 10.7. The Balaban J connectivity index is 2.06. The van der Waals surface area contributed by atoms with Gasteiger partial charge in [-0.1, -0.05) is 26.0 Å². The predicted molar refractivity (Wildman–Crippen MR) is 85.4 cm³/mol. The van der Waals surface area contributed by atoms with E-state index in [9.17, 15) is 0 Å². The zero-order chi connectivity index (χ0) is 13.7. The molecule has 100 valence electrons. The molecule has 0 amide bonds. The van der Waals surface area contributed by atoms with E-state index >= 15 is 0 Å². The molecule has 2 aromatic rings. The number of hydrogen-bond acceptors (Lipinski definition) is 3. The minimum Gasteiger partial charge on any atom is -0.439 e. The van der Waals surface area contributed by atoms with Crippen LogP contribution in [0.1, 0.15) is 19.5 Å². The van der Waals surface area contributed by atoms with Gasteiger partial charge in [-0.2, -0.15) is 0 Å². The molecule has 0 saturated heterocycles. The first kappa shape index (κ1) is 14.3. The van der Waals surface area contributed by atoms with Crippen LogP contribution in [0.4, 0.5) is 0 Å². The second kappa shape index (κ2) is 6.86. The molecule has 0 spiro atoms. The smallest absolute Gasteiger partial charge is 0.219 e. The fraction of sp³-hybridized carbons (Fsp3) is 0.267. The lowest BCUT2D eigenvalue weighted by Gasteiger charge is -2.09. The van der Waals surface area contributed by atoms with Crippen LogP contribution in [0.5, 0.6) is 11.6 Å². The molecule has 0 fully saturated rings. The first-order chi connectivity index (χ1) is 9.13. The average Bonchev–Trinajstić information content (AvgIpc) is 2.37. The van der Waals surface area contributed by atoms with Crippen LogP contribution in [0.15, 0.2) is 42.5 Å². The second-order valence-electron chi connectivity index (χ2n) is 4.56. The van der Waals surface area contributed by atoms with E-state index in [4.69, 9.17) is 4.74 Å². The van der Waals surface area contributed by atoms with Gasteiger partial charge in [0.2, 0.25) is 5.88 Å². The first-order valence-corrected chi connectivity index (χ1v) is 7.34. The van der Waals surface area contributed by atoms with Crippen molar-refractivity contribution in [3.05, 3.63) is 51.7 Å². The lowest BCUT2D eigenvalue weighted by molar-refractivity contribution is 0.458. The van der Waals surface area contributed by atoms with Crippen molar-refractivity contribution in [2.45, 2.75) is 26.4 Å². The number of ether oxygens (including phenoxy) is 1. The van der Waals surface area contributed by atoms with Crippen LogP contribution in [0.3, 0.4) is 0 Å². The minimum absolute atomic E-state index is 0.446. The number of nitrogens with zero attached hydrogens (tertiary/aromatic N) is 1. The van der Waals surface area contributed by atoms with Crippen LogP contribution in [0.2, 0.25) is 0 Å². The van der Waals surface area contributed by atoms with Gasteiger partial charge in [-0.05, 0) is 46.9 Å². The highest BCUT2D eigenvalue weighted by molar-refractivity contribution is 14.1. The van der Waals surface area contributed by atoms with Gasteiger partial charge in [-0.15, -0.1) is 0 Å². The summed E-state index contributed by atoms with van der Waals surface area (Å²) < 4.78 is 6.91. The molecule has 0 saturated carbocycles. The Morgan fingerprint density at radius 3 is 2.74 bits per heavy atom. The predicted octanol–water partition coefficient (Wildman–Crippen LogP) is 3.98. The van der Waals surface area contributed by atoms with Gasteiger partial charge in [0.05, 0.1) is 5.69 Å². The zero-order valence-corrected chi connectivity index (χ0v) is 13.2. The second-order valence-corrected chi connectivity index (χ2v) is 5.81. The fourth-order valence-electron chi connectivity index (χ4n) is 1.57. The van der Waals surface area contributed by atoms with Gasteiger partial charge in [-0.25, -0.2) is 4.98 Å². The maximum Gasteiger partial charge on any atom is 0.219 e. The molecular formula is C15H17IN2O. The Kier molecular flexibility index (Phi) is 5.15. The number of pyridine rings is 1. The maximum absolute atomic E-state index is 5.76. The van der Waals surface area contributed by atoms with E-state index in [2.05, 4.69) is 46.7 Å². The standard InChI is InChI=1S/C15H17IN2O/c1-11(2)17-10-13-6-4-8-15(18-13)19-14-7-3-5-12(16)9-14/h3-9,11,17H,10H2,1-2H3. The number of nitrogens with one attached hydrogen (secondary N) is 1. The molecule has 0 radical (unpaired) electrons. The van der Waals surface area contributed by atoms with Crippen LogP contribution in [-0.4, -0.2) is 11.0 Å². The van der Waals surface area contributed by atoms with Crippen molar-refractivity contribution in [1.29, 1.82) is 0 Å². The molecule has 4 heteroatoms. The van der Waals surface area contributed by atoms with Crippen molar-refractivity contribution in [1.82, 2.24) is 10.3 Å². The Labute approximate surface area is 127 Å². The highest BCUT2D eigenvalue weighted by Crippen LogP contribution is 2.21. The van der Waals surface area contributed by atoms with E-state index < -0.39 is 0 Å². The van der Waals surface area contributed by atoms with Crippen molar-refractivity contribution in [3.63, 3.8) is 0 Å². The topological polar surface area (TPSA) is 34.1 Å². The number of rotatable bonds is 5.